The van der Waals surface area contributed by atoms with Gasteiger partial charge in [-0.15, -0.1) is 6.58 Å². The molecule has 1 aromatic rings. The molecule has 1 heterocycles. The third-order valence-corrected chi connectivity index (χ3v) is 8.56. The Morgan fingerprint density at radius 3 is 2.16 bits per heavy atom. The highest BCUT2D eigenvalue weighted by atomic mass is 16.3. The van der Waals surface area contributed by atoms with Gasteiger partial charge in [0.05, 0.1) is 5.69 Å². The van der Waals surface area contributed by atoms with Crippen LogP contribution in [0, 0.1) is 17.8 Å². The number of hydrogen-bond donors (Lipinski definition) is 3. The van der Waals surface area contributed by atoms with Crippen LogP contribution >= 0.6 is 0 Å². The van der Waals surface area contributed by atoms with E-state index >= 15 is 0 Å². The molecule has 2 amide bonds. The minimum Gasteiger partial charge on any atom is -0.505 e. The summed E-state index contributed by atoms with van der Waals surface area (Å²) in [4.78, 5) is 28.6. The van der Waals surface area contributed by atoms with Gasteiger partial charge < -0.3 is 20.6 Å². The van der Waals surface area contributed by atoms with Gasteiger partial charge in [0.2, 0.25) is 11.8 Å². The first kappa shape index (κ1) is 30.0. The number of nitrogens with one attached hydrogen (secondary N) is 2. The molecule has 5 atom stereocenters. The van der Waals surface area contributed by atoms with E-state index in [2.05, 4.69) is 82.7 Å². The van der Waals surface area contributed by atoms with Crippen LogP contribution in [-0.4, -0.2) is 40.6 Å². The Morgan fingerprint density at radius 2 is 1.68 bits per heavy atom. The van der Waals surface area contributed by atoms with Crippen LogP contribution < -0.4 is 15.5 Å². The normalized spacial score (nSPS) is 27.7. The van der Waals surface area contributed by atoms with Crippen molar-refractivity contribution in [3.63, 3.8) is 0 Å². The summed E-state index contributed by atoms with van der Waals surface area (Å²) in [6.07, 6.45) is 3.05. The number of carbonyl (C=O) groups excluding carboxylic acids is 2. The van der Waals surface area contributed by atoms with Crippen LogP contribution in [-0.2, 0) is 20.4 Å². The average Bonchev–Trinajstić information content (AvgIpc) is 3.19. The summed E-state index contributed by atoms with van der Waals surface area (Å²) in [7, 11) is 0. The summed E-state index contributed by atoms with van der Waals surface area (Å²) in [6.45, 7) is 27.3. The van der Waals surface area contributed by atoms with E-state index in [0.29, 0.717) is 25.1 Å². The van der Waals surface area contributed by atoms with E-state index in [0.717, 1.165) is 11.3 Å². The molecule has 6 nitrogen and oxygen atoms in total. The summed E-state index contributed by atoms with van der Waals surface area (Å²) in [5.74, 6) is 0.269. The van der Waals surface area contributed by atoms with Crippen molar-refractivity contribution in [2.75, 3.05) is 11.4 Å². The van der Waals surface area contributed by atoms with Gasteiger partial charge in [-0.05, 0) is 80.8 Å². The number of anilines is 1. The lowest BCUT2D eigenvalue weighted by Gasteiger charge is -2.40. The number of nitrogens with zero attached hydrogens (tertiary/aromatic N) is 1. The fourth-order valence-electron chi connectivity index (χ4n) is 6.70. The van der Waals surface area contributed by atoms with Gasteiger partial charge in [0, 0.05) is 30.6 Å². The molecule has 0 aromatic heterocycles. The zero-order valence-electron chi connectivity index (χ0n) is 25.6. The standard InChI is InChI=1S/C32H51N3O3/c1-13-14-24-23-18-35(26-16-21(29(4,5)6)15-25(27(26)37)30(7,8)9)19(2)22(23)17-32(24,33-20(3)36)28(38)34-31(10,11)12/h13,15-16,19,22-24,37H,1,14,17-18H2,2-12H3,(H,33,36)(H,34,38)/t19-,22-,23?,24-,32?/m0/s1. The molecule has 1 aliphatic carbocycles. The van der Waals surface area contributed by atoms with Crippen molar-refractivity contribution in [3.8, 4) is 5.75 Å². The first-order chi connectivity index (χ1) is 17.2. The molecule has 1 aliphatic heterocycles. The van der Waals surface area contributed by atoms with Gasteiger partial charge in [0.25, 0.3) is 0 Å². The lowest BCUT2D eigenvalue weighted by Crippen LogP contribution is -2.64. The zero-order valence-corrected chi connectivity index (χ0v) is 25.6. The largest absolute Gasteiger partial charge is 0.505 e. The van der Waals surface area contributed by atoms with E-state index in [4.69, 9.17) is 0 Å². The minimum atomic E-state index is -0.991. The fourth-order valence-corrected chi connectivity index (χ4v) is 6.70. The second-order valence-electron chi connectivity index (χ2n) is 14.8. The summed E-state index contributed by atoms with van der Waals surface area (Å²) in [5, 5.41) is 17.9. The molecule has 1 saturated heterocycles. The van der Waals surface area contributed by atoms with Crippen molar-refractivity contribution in [1.82, 2.24) is 10.6 Å². The Hall–Kier alpha value is -2.50. The third-order valence-electron chi connectivity index (χ3n) is 8.56. The van der Waals surface area contributed by atoms with Crippen LogP contribution in [0.25, 0.3) is 0 Å². The molecule has 0 radical (unpaired) electrons. The molecule has 0 bridgehead atoms. The Bertz CT molecular complexity index is 1090. The van der Waals surface area contributed by atoms with Gasteiger partial charge in [0.15, 0.2) is 0 Å². The number of fused-ring (bicyclic) bond motifs is 1. The highest BCUT2D eigenvalue weighted by Crippen LogP contribution is 2.55. The maximum Gasteiger partial charge on any atom is 0.246 e. The quantitative estimate of drug-likeness (QED) is 0.424. The SMILES string of the molecule is C=CC[C@H]1C2CN(c3cc(C(C)(C)C)cc(C(C)(C)C)c3O)[C@@H](C)[C@@H]2CC1(NC(C)=O)C(=O)NC(C)(C)C. The Morgan fingerprint density at radius 1 is 1.08 bits per heavy atom. The third kappa shape index (κ3) is 5.60. The summed E-state index contributed by atoms with van der Waals surface area (Å²) >= 11 is 0. The van der Waals surface area contributed by atoms with Crippen molar-refractivity contribution in [3.05, 3.63) is 35.9 Å². The topological polar surface area (TPSA) is 81.7 Å². The molecule has 2 unspecified atom stereocenters. The van der Waals surface area contributed by atoms with Gasteiger partial charge in [-0.25, -0.2) is 0 Å². The Labute approximate surface area is 230 Å². The van der Waals surface area contributed by atoms with Crippen molar-refractivity contribution >= 4 is 17.5 Å². The highest BCUT2D eigenvalue weighted by molar-refractivity contribution is 5.92. The van der Waals surface area contributed by atoms with Crippen LogP contribution in [0.3, 0.4) is 0 Å². The van der Waals surface area contributed by atoms with Crippen LogP contribution in [0.2, 0.25) is 0 Å². The first-order valence-electron chi connectivity index (χ1n) is 14.1. The second kappa shape index (κ2) is 9.91. The van der Waals surface area contributed by atoms with E-state index in [1.807, 2.05) is 26.8 Å². The smallest absolute Gasteiger partial charge is 0.246 e. The van der Waals surface area contributed by atoms with E-state index in [1.165, 1.54) is 12.5 Å². The maximum atomic E-state index is 13.8. The molecule has 2 fully saturated rings. The van der Waals surface area contributed by atoms with Crippen LogP contribution in [0.4, 0.5) is 5.69 Å². The summed E-state index contributed by atoms with van der Waals surface area (Å²) < 4.78 is 0. The molecule has 1 saturated carbocycles. The number of rotatable bonds is 5. The van der Waals surface area contributed by atoms with E-state index in [9.17, 15) is 14.7 Å². The van der Waals surface area contributed by atoms with Crippen LogP contribution in [0.1, 0.15) is 100 Å². The van der Waals surface area contributed by atoms with Gasteiger partial charge in [0.1, 0.15) is 11.3 Å². The molecular formula is C32H51N3O3. The fraction of sp³-hybridized carbons (Fsp3) is 0.688. The Kier molecular flexibility index (Phi) is 7.84. The molecule has 0 spiro atoms. The second-order valence-corrected chi connectivity index (χ2v) is 14.8. The Balaban J connectivity index is 2.10. The average molecular weight is 526 g/mol. The van der Waals surface area contributed by atoms with Gasteiger partial charge in [-0.3, -0.25) is 9.59 Å². The van der Waals surface area contributed by atoms with Crippen molar-refractivity contribution in [1.29, 1.82) is 0 Å². The van der Waals surface area contributed by atoms with Gasteiger partial charge in [-0.1, -0.05) is 53.7 Å². The molecule has 3 rings (SSSR count). The maximum absolute atomic E-state index is 13.8. The number of carbonyl (C=O) groups is 2. The number of allylic oxidation sites excluding steroid dienone is 1. The molecular weight excluding hydrogens is 474 g/mol. The van der Waals surface area contributed by atoms with Gasteiger partial charge >= 0.3 is 0 Å². The van der Waals surface area contributed by atoms with Crippen molar-refractivity contribution in [2.24, 2.45) is 17.8 Å². The highest BCUT2D eigenvalue weighted by Gasteiger charge is 2.62. The van der Waals surface area contributed by atoms with E-state index in [-0.39, 0.29) is 46.4 Å². The van der Waals surface area contributed by atoms with Gasteiger partial charge in [-0.2, -0.15) is 0 Å². The molecule has 1 aromatic carbocycles. The number of aromatic hydroxyl groups is 1. The number of benzene rings is 1. The molecule has 38 heavy (non-hydrogen) atoms. The number of amides is 2. The lowest BCUT2D eigenvalue weighted by atomic mass is 9.78. The van der Waals surface area contributed by atoms with Crippen molar-refractivity contribution in [2.45, 2.75) is 117 Å². The molecule has 2 aliphatic rings. The number of phenols is 1. The lowest BCUT2D eigenvalue weighted by molar-refractivity contribution is -0.136. The summed E-state index contributed by atoms with van der Waals surface area (Å²) in [5.41, 5.74) is 1.32. The number of hydrogen-bond acceptors (Lipinski definition) is 4. The number of phenolic OH excluding ortho intramolecular Hbond substituents is 1. The van der Waals surface area contributed by atoms with Crippen LogP contribution in [0.15, 0.2) is 24.8 Å². The minimum absolute atomic E-state index is 0.0712. The predicted octanol–water partition coefficient (Wildman–Crippen LogP) is 5.81. The monoisotopic (exact) mass is 525 g/mol. The summed E-state index contributed by atoms with van der Waals surface area (Å²) in [6, 6.07) is 4.39. The first-order valence-corrected chi connectivity index (χ1v) is 14.1. The predicted molar refractivity (Wildman–Crippen MR) is 157 cm³/mol. The zero-order chi connectivity index (χ0) is 29.0. The van der Waals surface area contributed by atoms with Crippen molar-refractivity contribution < 1.29 is 14.7 Å². The van der Waals surface area contributed by atoms with Crippen LogP contribution in [0.5, 0.6) is 5.75 Å². The van der Waals surface area contributed by atoms with E-state index < -0.39 is 11.1 Å². The molecule has 212 valence electrons. The van der Waals surface area contributed by atoms with E-state index in [1.54, 1.807) is 0 Å². The molecule has 3 N–H and O–H groups in total. The molecule has 6 heteroatoms.